The van der Waals surface area contributed by atoms with Gasteiger partial charge in [0.25, 0.3) is 0 Å². The quantitative estimate of drug-likeness (QED) is 0.537. The molecule has 3 aromatic heterocycles. The molecule has 0 unspecified atom stereocenters. The number of hydrogen-bond acceptors (Lipinski definition) is 6. The van der Waals surface area contributed by atoms with Gasteiger partial charge in [-0.3, -0.25) is 4.72 Å². The molecule has 2 N–H and O–H groups in total. The molecule has 0 saturated carbocycles. The zero-order valence-electron chi connectivity index (χ0n) is 15.0. The molecule has 28 heavy (non-hydrogen) atoms. The van der Waals surface area contributed by atoms with Crippen LogP contribution < -0.4 is 10.0 Å². The Bertz CT molecular complexity index is 1230. The number of hydrogen-bond donors (Lipinski definition) is 2. The second kappa shape index (κ2) is 7.24. The summed E-state index contributed by atoms with van der Waals surface area (Å²) in [4.78, 5) is 13.1. The SMILES string of the molecule is CS(=O)(=O)Nc1ccc2ccc(Nc3ccc(-c4ccccc4)cn3)nc2n1. The first kappa shape index (κ1) is 17.9. The van der Waals surface area contributed by atoms with Gasteiger partial charge in [-0.25, -0.2) is 23.4 Å². The van der Waals surface area contributed by atoms with Crippen LogP contribution in [0.2, 0.25) is 0 Å². The van der Waals surface area contributed by atoms with E-state index in [4.69, 9.17) is 0 Å². The van der Waals surface area contributed by atoms with E-state index in [1.165, 1.54) is 0 Å². The first-order valence-corrected chi connectivity index (χ1v) is 10.4. The highest BCUT2D eigenvalue weighted by molar-refractivity contribution is 7.92. The molecule has 0 bridgehead atoms. The molecule has 0 aliphatic carbocycles. The van der Waals surface area contributed by atoms with Crippen LogP contribution in [0.1, 0.15) is 0 Å². The van der Waals surface area contributed by atoms with Crippen molar-refractivity contribution in [3.63, 3.8) is 0 Å². The first-order chi connectivity index (χ1) is 13.5. The predicted octanol–water partition coefficient (Wildman–Crippen LogP) is 3.81. The van der Waals surface area contributed by atoms with Crippen molar-refractivity contribution < 1.29 is 8.42 Å². The summed E-state index contributed by atoms with van der Waals surface area (Å²) < 4.78 is 25.1. The van der Waals surface area contributed by atoms with Crippen LogP contribution in [0.4, 0.5) is 17.5 Å². The van der Waals surface area contributed by atoms with Crippen LogP contribution in [0.3, 0.4) is 0 Å². The lowest BCUT2D eigenvalue weighted by Crippen LogP contribution is -2.10. The van der Waals surface area contributed by atoms with E-state index in [2.05, 4.69) is 25.0 Å². The fraction of sp³-hybridized carbons (Fsp3) is 0.0500. The number of fused-ring (bicyclic) bond motifs is 1. The number of nitrogens with one attached hydrogen (secondary N) is 2. The van der Waals surface area contributed by atoms with Gasteiger partial charge in [-0.15, -0.1) is 0 Å². The summed E-state index contributed by atoms with van der Waals surface area (Å²) in [5, 5.41) is 3.94. The first-order valence-electron chi connectivity index (χ1n) is 8.50. The molecule has 1 aromatic carbocycles. The second-order valence-corrected chi connectivity index (χ2v) is 7.99. The third kappa shape index (κ3) is 4.24. The molecule has 140 valence electrons. The minimum Gasteiger partial charge on any atom is -0.325 e. The van der Waals surface area contributed by atoms with Crippen LogP contribution in [0.15, 0.2) is 72.9 Å². The summed E-state index contributed by atoms with van der Waals surface area (Å²) >= 11 is 0. The van der Waals surface area contributed by atoms with E-state index in [0.717, 1.165) is 22.8 Å². The van der Waals surface area contributed by atoms with Gasteiger partial charge in [0.1, 0.15) is 17.5 Å². The molecule has 0 radical (unpaired) electrons. The maximum absolute atomic E-state index is 11.4. The van der Waals surface area contributed by atoms with E-state index < -0.39 is 10.0 Å². The van der Waals surface area contributed by atoms with E-state index in [1.54, 1.807) is 18.3 Å². The fourth-order valence-corrected chi connectivity index (χ4v) is 3.21. The Balaban J connectivity index is 1.57. The van der Waals surface area contributed by atoms with Gasteiger partial charge in [0.15, 0.2) is 5.65 Å². The Morgan fingerprint density at radius 2 is 1.43 bits per heavy atom. The lowest BCUT2D eigenvalue weighted by molar-refractivity contribution is 0.606. The third-order valence-corrected chi connectivity index (χ3v) is 4.55. The van der Waals surface area contributed by atoms with E-state index in [0.29, 0.717) is 17.3 Å². The van der Waals surface area contributed by atoms with Crippen LogP contribution in [0, 0.1) is 0 Å². The highest BCUT2D eigenvalue weighted by Gasteiger charge is 2.06. The van der Waals surface area contributed by atoms with E-state index >= 15 is 0 Å². The van der Waals surface area contributed by atoms with Crippen molar-refractivity contribution in [3.05, 3.63) is 72.9 Å². The Hall–Kier alpha value is -3.52. The Kier molecular flexibility index (Phi) is 4.62. The fourth-order valence-electron chi connectivity index (χ4n) is 2.72. The average Bonchev–Trinajstić information content (AvgIpc) is 2.68. The minimum atomic E-state index is -3.40. The standard InChI is InChI=1S/C20H17N5O2S/c1-28(26,27)25-19-12-8-15-7-11-18(23-20(15)24-19)22-17-10-9-16(13-21-17)14-5-3-2-4-6-14/h2-13H,1H3,(H2,21,22,23,24,25). The predicted molar refractivity (Wildman–Crippen MR) is 111 cm³/mol. The summed E-state index contributed by atoms with van der Waals surface area (Å²) in [5.74, 6) is 1.44. The van der Waals surface area contributed by atoms with Gasteiger partial charge in [-0.1, -0.05) is 30.3 Å². The molecule has 0 aliphatic heterocycles. The molecule has 0 aliphatic rings. The number of nitrogens with zero attached hydrogens (tertiary/aromatic N) is 3. The van der Waals surface area contributed by atoms with Crippen LogP contribution in [-0.2, 0) is 10.0 Å². The number of rotatable bonds is 5. The van der Waals surface area contributed by atoms with Crippen molar-refractivity contribution in [1.29, 1.82) is 0 Å². The van der Waals surface area contributed by atoms with Crippen molar-refractivity contribution in [3.8, 4) is 11.1 Å². The van der Waals surface area contributed by atoms with Crippen LogP contribution in [0.5, 0.6) is 0 Å². The minimum absolute atomic E-state index is 0.227. The molecular formula is C20H17N5O2S. The van der Waals surface area contributed by atoms with E-state index in [9.17, 15) is 8.42 Å². The molecule has 0 amide bonds. The van der Waals surface area contributed by atoms with Gasteiger partial charge in [0, 0.05) is 17.1 Å². The van der Waals surface area contributed by atoms with E-state index in [-0.39, 0.29) is 5.82 Å². The smallest absolute Gasteiger partial charge is 0.230 e. The van der Waals surface area contributed by atoms with Gasteiger partial charge in [0.2, 0.25) is 10.0 Å². The van der Waals surface area contributed by atoms with Crippen LogP contribution >= 0.6 is 0 Å². The lowest BCUT2D eigenvalue weighted by Gasteiger charge is -2.08. The van der Waals surface area contributed by atoms with Crippen molar-refractivity contribution in [1.82, 2.24) is 15.0 Å². The molecule has 3 heterocycles. The van der Waals surface area contributed by atoms with E-state index in [1.807, 2.05) is 54.6 Å². The van der Waals surface area contributed by atoms with Crippen molar-refractivity contribution in [2.45, 2.75) is 0 Å². The van der Waals surface area contributed by atoms with Gasteiger partial charge in [-0.05, 0) is 42.0 Å². The maximum Gasteiger partial charge on any atom is 0.230 e. The summed E-state index contributed by atoms with van der Waals surface area (Å²) in [6.45, 7) is 0. The lowest BCUT2D eigenvalue weighted by atomic mass is 10.1. The molecule has 0 saturated heterocycles. The zero-order valence-corrected chi connectivity index (χ0v) is 15.8. The summed E-state index contributed by atoms with van der Waals surface area (Å²) in [5.41, 5.74) is 2.55. The van der Waals surface area contributed by atoms with Crippen LogP contribution in [0.25, 0.3) is 22.2 Å². The van der Waals surface area contributed by atoms with Crippen LogP contribution in [-0.4, -0.2) is 29.6 Å². The average molecular weight is 391 g/mol. The topological polar surface area (TPSA) is 96.9 Å². The second-order valence-electron chi connectivity index (χ2n) is 6.24. The number of sulfonamides is 1. The normalized spacial score (nSPS) is 11.3. The molecular weight excluding hydrogens is 374 g/mol. The molecule has 8 heteroatoms. The third-order valence-electron chi connectivity index (χ3n) is 3.97. The molecule has 0 atom stereocenters. The maximum atomic E-state index is 11.4. The summed E-state index contributed by atoms with van der Waals surface area (Å²) in [6.07, 6.45) is 2.88. The summed E-state index contributed by atoms with van der Waals surface area (Å²) in [7, 11) is -3.40. The van der Waals surface area contributed by atoms with Gasteiger partial charge in [-0.2, -0.15) is 0 Å². The highest BCUT2D eigenvalue weighted by Crippen LogP contribution is 2.22. The Morgan fingerprint density at radius 3 is 2.11 bits per heavy atom. The number of benzene rings is 1. The van der Waals surface area contributed by atoms with Gasteiger partial charge in [0.05, 0.1) is 6.26 Å². The molecule has 4 aromatic rings. The number of aromatic nitrogens is 3. The molecule has 7 nitrogen and oxygen atoms in total. The van der Waals surface area contributed by atoms with Crippen molar-refractivity contribution >= 4 is 38.5 Å². The summed E-state index contributed by atoms with van der Waals surface area (Å²) in [6, 6.07) is 20.9. The zero-order chi connectivity index (χ0) is 19.6. The molecule has 0 spiro atoms. The molecule has 0 fully saturated rings. The highest BCUT2D eigenvalue weighted by atomic mass is 32.2. The Morgan fingerprint density at radius 1 is 0.750 bits per heavy atom. The largest absolute Gasteiger partial charge is 0.325 e. The number of pyridine rings is 3. The molecule has 4 rings (SSSR count). The van der Waals surface area contributed by atoms with Crippen molar-refractivity contribution in [2.75, 3.05) is 16.3 Å². The van der Waals surface area contributed by atoms with Crippen molar-refractivity contribution in [2.24, 2.45) is 0 Å². The Labute approximate surface area is 162 Å². The monoisotopic (exact) mass is 391 g/mol. The van der Waals surface area contributed by atoms with Gasteiger partial charge < -0.3 is 5.32 Å². The van der Waals surface area contributed by atoms with Gasteiger partial charge >= 0.3 is 0 Å². The number of anilines is 3.